The predicted molar refractivity (Wildman–Crippen MR) is 186 cm³/mol. The number of nitrogens with zero attached hydrogens (tertiary/aromatic N) is 2. The number of benzene rings is 1. The van der Waals surface area contributed by atoms with E-state index in [1.165, 1.54) is 30.8 Å². The lowest BCUT2D eigenvalue weighted by atomic mass is 10.0. The van der Waals surface area contributed by atoms with Crippen LogP contribution in [-0.4, -0.2) is 68.3 Å². The number of likely N-dealkylation sites (N-methyl/N-ethyl adjacent to an activating group) is 1. The van der Waals surface area contributed by atoms with Gasteiger partial charge >= 0.3 is 11.9 Å². The lowest BCUT2D eigenvalue weighted by Gasteiger charge is -2.37. The van der Waals surface area contributed by atoms with Gasteiger partial charge in [0.1, 0.15) is 23.6 Å². The predicted octanol–water partition coefficient (Wildman–Crippen LogP) is 7.00. The molecule has 12 heteroatoms. The quantitative estimate of drug-likeness (QED) is 0.125. The Morgan fingerprint density at radius 2 is 1.89 bits per heavy atom. The van der Waals surface area contributed by atoms with Crippen molar-refractivity contribution in [3.63, 3.8) is 0 Å². The minimum absolute atomic E-state index is 0.199. The number of rotatable bonds is 16. The summed E-state index contributed by atoms with van der Waals surface area (Å²) < 4.78 is 22.7. The van der Waals surface area contributed by atoms with E-state index in [-0.39, 0.29) is 18.4 Å². The molecule has 47 heavy (non-hydrogen) atoms. The molecule has 0 aliphatic carbocycles. The lowest BCUT2D eigenvalue weighted by molar-refractivity contribution is -0.148. The molecule has 1 aromatic carbocycles. The highest BCUT2D eigenvalue weighted by Gasteiger charge is 2.29. The third-order valence-electron chi connectivity index (χ3n) is 7.81. The third kappa shape index (κ3) is 9.46. The van der Waals surface area contributed by atoms with Gasteiger partial charge in [-0.25, -0.2) is 9.59 Å². The molecule has 3 atom stereocenters. The van der Waals surface area contributed by atoms with Crippen molar-refractivity contribution < 1.29 is 28.5 Å². The molecular weight excluding hydrogens is 661 g/mol. The largest absolute Gasteiger partial charge is 0.493 e. The van der Waals surface area contributed by atoms with E-state index in [4.69, 9.17) is 42.1 Å². The second-order valence-corrected chi connectivity index (χ2v) is 12.8. The number of likely N-dealkylation sites (tertiary alicyclic amines) is 1. The van der Waals surface area contributed by atoms with Gasteiger partial charge in [0.25, 0.3) is 0 Å². The van der Waals surface area contributed by atoms with Crippen molar-refractivity contribution in [1.29, 1.82) is 0 Å². The third-order valence-corrected chi connectivity index (χ3v) is 9.53. The highest BCUT2D eigenvalue weighted by atomic mass is 35.5. The summed E-state index contributed by atoms with van der Waals surface area (Å²) in [6, 6.07) is 8.33. The van der Waals surface area contributed by atoms with Crippen molar-refractivity contribution in [1.82, 2.24) is 15.2 Å². The minimum Gasteiger partial charge on any atom is -0.493 e. The maximum Gasteiger partial charge on any atom is 0.348 e. The Bertz CT molecular complexity index is 1600. The number of carbonyl (C=O) groups excluding carboxylic acids is 2. The van der Waals surface area contributed by atoms with E-state index in [9.17, 15) is 9.59 Å². The van der Waals surface area contributed by atoms with Crippen molar-refractivity contribution in [3.05, 3.63) is 110 Å². The summed E-state index contributed by atoms with van der Waals surface area (Å²) in [7, 11) is 5.09. The number of esters is 2. The number of thiophene rings is 1. The SMILES string of the molecule is C=C/C=C(\C=C/C)C(NCc1ccc(C(=O)O[C@@H](Cc2c(Cl)cncc2Cl)c2ccc(OC)c(OC)c2)s1)C(=O)OC[C@H]1CCN1C. The van der Waals surface area contributed by atoms with Gasteiger partial charge < -0.3 is 18.9 Å². The number of ether oxygens (including phenoxy) is 4. The van der Waals surface area contributed by atoms with Crippen molar-refractivity contribution >= 4 is 46.5 Å². The smallest absolute Gasteiger partial charge is 0.348 e. The maximum atomic E-state index is 13.5. The van der Waals surface area contributed by atoms with E-state index in [0.29, 0.717) is 50.7 Å². The zero-order valence-electron chi connectivity index (χ0n) is 26.8. The molecular formula is C35H39Cl2N3O6S. The Balaban J connectivity index is 1.51. The molecule has 0 amide bonds. The topological polar surface area (TPSA) is 99.2 Å². The number of hydrogen-bond acceptors (Lipinski definition) is 10. The molecule has 3 aromatic rings. The van der Waals surface area contributed by atoms with Gasteiger partial charge in [-0.15, -0.1) is 11.3 Å². The number of methoxy groups -OCH3 is 2. The molecule has 250 valence electrons. The Kier molecular flexibility index (Phi) is 13.4. The Morgan fingerprint density at radius 1 is 1.15 bits per heavy atom. The van der Waals surface area contributed by atoms with Gasteiger partial charge in [-0.05, 0) is 67.9 Å². The highest BCUT2D eigenvalue weighted by molar-refractivity contribution is 7.13. The zero-order chi connectivity index (χ0) is 33.9. The van der Waals surface area contributed by atoms with E-state index in [1.807, 2.05) is 32.2 Å². The van der Waals surface area contributed by atoms with E-state index in [2.05, 4.69) is 21.8 Å². The second kappa shape index (κ2) is 17.5. The summed E-state index contributed by atoms with van der Waals surface area (Å²) in [5.74, 6) is 0.121. The highest BCUT2D eigenvalue weighted by Crippen LogP contribution is 2.36. The number of pyridine rings is 1. The van der Waals surface area contributed by atoms with Crippen LogP contribution in [-0.2, 0) is 27.2 Å². The van der Waals surface area contributed by atoms with Crippen molar-refractivity contribution in [2.45, 2.75) is 44.5 Å². The zero-order valence-corrected chi connectivity index (χ0v) is 29.2. The van der Waals surface area contributed by atoms with Crippen molar-refractivity contribution in [2.75, 3.05) is 34.4 Å². The summed E-state index contributed by atoms with van der Waals surface area (Å²) in [5.41, 5.74) is 1.98. The summed E-state index contributed by atoms with van der Waals surface area (Å²) in [4.78, 5) is 34.2. The first-order valence-corrected chi connectivity index (χ1v) is 16.6. The minimum atomic E-state index is -0.760. The number of allylic oxidation sites excluding steroid dienone is 3. The van der Waals surface area contributed by atoms with Crippen LogP contribution in [0, 0.1) is 0 Å². The fraction of sp³-hybridized carbons (Fsp3) is 0.343. The van der Waals surface area contributed by atoms with Gasteiger partial charge in [0.15, 0.2) is 11.5 Å². The lowest BCUT2D eigenvalue weighted by Crippen LogP contribution is -2.49. The Labute approximate surface area is 289 Å². The fourth-order valence-corrected chi connectivity index (χ4v) is 6.39. The molecule has 0 saturated carbocycles. The van der Waals surface area contributed by atoms with Crippen LogP contribution < -0.4 is 14.8 Å². The van der Waals surface area contributed by atoms with Gasteiger partial charge in [0.05, 0.1) is 24.3 Å². The summed E-state index contributed by atoms with van der Waals surface area (Å²) in [6.45, 7) is 7.31. The number of nitrogens with one attached hydrogen (secondary N) is 1. The van der Waals surface area contributed by atoms with Crippen LogP contribution in [0.3, 0.4) is 0 Å². The van der Waals surface area contributed by atoms with Gasteiger partial charge in [-0.1, -0.05) is 60.2 Å². The van der Waals surface area contributed by atoms with Crippen LogP contribution in [0.1, 0.15) is 45.1 Å². The molecule has 0 radical (unpaired) electrons. The first-order chi connectivity index (χ1) is 22.7. The Hall–Kier alpha value is -3.67. The standard InChI is InChI=1S/C35H39Cl2N3O6S/c1-6-8-22(9-7-2)33(35(42)45-21-24-14-15-40(24)3)39-18-25-11-13-32(47-25)34(41)46-30(17-26-27(36)19-38-20-28(26)37)23-10-12-29(43-4)31(16-23)44-5/h6-13,16,19-20,24,30,33,39H,1,14-15,17-18,21H2,2-5H3/b9-7-,22-8+/t24-,30+,33?/m1/s1. The number of halogens is 2. The average molecular weight is 701 g/mol. The van der Waals surface area contributed by atoms with Crippen molar-refractivity contribution in [3.8, 4) is 11.5 Å². The van der Waals surface area contributed by atoms with E-state index in [1.54, 1.807) is 43.5 Å². The normalized spacial score (nSPS) is 16.3. The molecule has 1 N–H and O–H groups in total. The first-order valence-electron chi connectivity index (χ1n) is 15.0. The second-order valence-electron chi connectivity index (χ2n) is 10.8. The number of hydrogen-bond donors (Lipinski definition) is 1. The van der Waals surface area contributed by atoms with Crippen LogP contribution in [0.15, 0.2) is 79.2 Å². The molecule has 2 aromatic heterocycles. The van der Waals surface area contributed by atoms with Crippen LogP contribution in [0.4, 0.5) is 0 Å². The Morgan fingerprint density at radius 3 is 2.51 bits per heavy atom. The molecule has 0 bridgehead atoms. The maximum absolute atomic E-state index is 13.5. The molecule has 3 heterocycles. The molecule has 4 rings (SSSR count). The van der Waals surface area contributed by atoms with Gasteiger partial charge in [0.2, 0.25) is 0 Å². The first kappa shape index (κ1) is 36.2. The van der Waals surface area contributed by atoms with E-state index < -0.39 is 18.1 Å². The summed E-state index contributed by atoms with van der Waals surface area (Å²) >= 11 is 14.1. The molecule has 0 spiro atoms. The van der Waals surface area contributed by atoms with Gasteiger partial charge in [0, 0.05) is 36.3 Å². The fourth-order valence-electron chi connectivity index (χ4n) is 5.03. The summed E-state index contributed by atoms with van der Waals surface area (Å²) in [6.07, 6.45) is 10.6. The van der Waals surface area contributed by atoms with Gasteiger partial charge in [-0.2, -0.15) is 0 Å². The molecule has 9 nitrogen and oxygen atoms in total. The molecule has 1 aliphatic heterocycles. The van der Waals surface area contributed by atoms with Gasteiger partial charge in [-0.3, -0.25) is 15.2 Å². The summed E-state index contributed by atoms with van der Waals surface area (Å²) in [5, 5.41) is 4.03. The van der Waals surface area contributed by atoms with Crippen LogP contribution >= 0.6 is 34.5 Å². The molecule has 1 saturated heterocycles. The monoisotopic (exact) mass is 699 g/mol. The molecule has 1 unspecified atom stereocenters. The van der Waals surface area contributed by atoms with Crippen LogP contribution in [0.25, 0.3) is 0 Å². The molecule has 1 aliphatic rings. The number of aromatic nitrogens is 1. The van der Waals surface area contributed by atoms with Crippen LogP contribution in [0.2, 0.25) is 10.0 Å². The molecule has 1 fully saturated rings. The van der Waals surface area contributed by atoms with E-state index >= 15 is 0 Å². The van der Waals surface area contributed by atoms with Crippen LogP contribution in [0.5, 0.6) is 11.5 Å². The average Bonchev–Trinajstić information content (AvgIpc) is 3.54. The van der Waals surface area contributed by atoms with E-state index in [0.717, 1.165) is 23.4 Å². The number of carbonyl (C=O) groups is 2. The van der Waals surface area contributed by atoms with Crippen molar-refractivity contribution in [2.24, 2.45) is 0 Å².